The van der Waals surface area contributed by atoms with Gasteiger partial charge in [0.15, 0.2) is 34.9 Å². The minimum Gasteiger partial charge on any atom is -0.333 e. The molecule has 2 atom stereocenters. The van der Waals surface area contributed by atoms with Gasteiger partial charge in [-0.3, -0.25) is 9.59 Å². The van der Waals surface area contributed by atoms with E-state index in [1.165, 1.54) is 18.9 Å². The van der Waals surface area contributed by atoms with Gasteiger partial charge >= 0.3 is 11.8 Å². The number of hydrogen-bond acceptors (Lipinski definition) is 8. The summed E-state index contributed by atoms with van der Waals surface area (Å²) in [5, 5.41) is 14.4. The Bertz CT molecular complexity index is 1940. The quantitative estimate of drug-likeness (QED) is 0.179. The maximum atomic E-state index is 13.7. The van der Waals surface area contributed by atoms with E-state index in [4.69, 9.17) is 11.5 Å². The first kappa shape index (κ1) is 42.0. The fourth-order valence-corrected chi connectivity index (χ4v) is 6.25. The normalized spacial score (nSPS) is 15.5. The molecule has 0 fully saturated rings. The average molecular weight is 807 g/mol. The van der Waals surface area contributed by atoms with Gasteiger partial charge < -0.3 is 30.4 Å². The van der Waals surface area contributed by atoms with Crippen molar-refractivity contribution in [2.75, 3.05) is 13.1 Å². The van der Waals surface area contributed by atoms with Crippen LogP contribution in [0.15, 0.2) is 24.3 Å². The number of nitrogens with zero attached hydrogens (tertiary/aromatic N) is 8. The number of halogens is 10. The van der Waals surface area contributed by atoms with Crippen molar-refractivity contribution in [3.8, 4) is 0 Å². The van der Waals surface area contributed by atoms with Crippen molar-refractivity contribution in [3.63, 3.8) is 0 Å². The molecule has 0 aliphatic carbocycles. The summed E-state index contributed by atoms with van der Waals surface area (Å²) in [5.41, 5.74) is 11.5. The zero-order chi connectivity index (χ0) is 41.3. The van der Waals surface area contributed by atoms with Crippen LogP contribution in [0.4, 0.5) is 43.9 Å². The van der Waals surface area contributed by atoms with Gasteiger partial charge in [-0.05, 0) is 36.1 Å². The van der Waals surface area contributed by atoms with Gasteiger partial charge in [-0.1, -0.05) is 0 Å². The summed E-state index contributed by atoms with van der Waals surface area (Å²) < 4.78 is 136. The molecule has 2 aliphatic heterocycles. The Balaban J connectivity index is 0.000000214. The van der Waals surface area contributed by atoms with E-state index < -0.39 is 70.5 Å². The van der Waals surface area contributed by atoms with Crippen LogP contribution in [0, 0.1) is 34.9 Å². The standard InChI is InChI=1S/2C17H18F5N5O/c2*1-17(21,22)16-25-24-14-8-26(2-3-27(14)16)15(28)6-10(23)4-9-5-12(19)13(20)7-11(9)18/h2*5,7,10H,2-4,6,8,23H2,1H3/t2*10-/m10/s1. The van der Waals surface area contributed by atoms with E-state index in [1.807, 2.05) is 0 Å². The van der Waals surface area contributed by atoms with Gasteiger partial charge in [-0.25, -0.2) is 26.3 Å². The minimum absolute atomic E-state index is 0.00578. The van der Waals surface area contributed by atoms with Crippen LogP contribution in [0.2, 0.25) is 0 Å². The van der Waals surface area contributed by atoms with E-state index in [-0.39, 0.29) is 99.5 Å². The third-order valence-corrected chi connectivity index (χ3v) is 9.01. The topological polar surface area (TPSA) is 154 Å². The molecule has 0 radical (unpaired) electrons. The van der Waals surface area contributed by atoms with Gasteiger partial charge in [0.25, 0.3) is 0 Å². The second-order valence-electron chi connectivity index (χ2n) is 13.6. The van der Waals surface area contributed by atoms with E-state index in [0.717, 1.165) is 13.8 Å². The molecule has 304 valence electrons. The molecule has 6 rings (SSSR count). The van der Waals surface area contributed by atoms with Gasteiger partial charge in [0.1, 0.15) is 11.6 Å². The number of benzene rings is 2. The first-order valence-electron chi connectivity index (χ1n) is 17.1. The molecule has 4 aromatic rings. The van der Waals surface area contributed by atoms with Crippen molar-refractivity contribution in [2.24, 2.45) is 11.5 Å². The molecule has 2 amide bonds. The van der Waals surface area contributed by atoms with Crippen LogP contribution >= 0.6 is 0 Å². The monoisotopic (exact) mass is 806 g/mol. The Morgan fingerprint density at radius 1 is 0.589 bits per heavy atom. The third-order valence-electron chi connectivity index (χ3n) is 9.01. The van der Waals surface area contributed by atoms with Gasteiger partial charge in [0.2, 0.25) is 23.5 Å². The molecule has 56 heavy (non-hydrogen) atoms. The Morgan fingerprint density at radius 2 is 0.929 bits per heavy atom. The second kappa shape index (κ2) is 16.5. The highest BCUT2D eigenvalue weighted by atomic mass is 19.3. The highest BCUT2D eigenvalue weighted by Crippen LogP contribution is 2.29. The number of amides is 2. The van der Waals surface area contributed by atoms with Crippen molar-refractivity contribution in [2.45, 2.75) is 89.6 Å². The van der Waals surface area contributed by atoms with E-state index in [1.54, 1.807) is 0 Å². The van der Waals surface area contributed by atoms with Crippen molar-refractivity contribution >= 4 is 11.8 Å². The molecular weight excluding hydrogens is 770 g/mol. The minimum atomic E-state index is -3.14. The lowest BCUT2D eigenvalue weighted by Gasteiger charge is -2.29. The predicted molar refractivity (Wildman–Crippen MR) is 175 cm³/mol. The summed E-state index contributed by atoms with van der Waals surface area (Å²) in [5.74, 6) is -14.4. The Kier molecular flexibility index (Phi) is 12.4. The van der Waals surface area contributed by atoms with Crippen molar-refractivity contribution in [1.29, 1.82) is 0 Å². The Morgan fingerprint density at radius 3 is 1.27 bits per heavy atom. The molecule has 4 heterocycles. The van der Waals surface area contributed by atoms with Crippen molar-refractivity contribution in [1.82, 2.24) is 39.3 Å². The molecule has 0 spiro atoms. The number of rotatable bonds is 10. The van der Waals surface area contributed by atoms with Crippen LogP contribution in [-0.2, 0) is 60.5 Å². The molecule has 2 aromatic carbocycles. The SMILES string of the molecule is CC(F)(F)c1nnc2n1CCN(C(=O)C[C@@H](N)Cc1cc(F)c(F)cc1F)C2.CC(F)(F)c1nnc2n1CCN(C(=O)C[C@H](N)Cc1cc(F)c(F)cc1F)C2. The molecule has 22 heteroatoms. The van der Waals surface area contributed by atoms with Crippen LogP contribution in [0.1, 0.15) is 61.1 Å². The predicted octanol–water partition coefficient (Wildman–Crippen LogP) is 4.22. The summed E-state index contributed by atoms with van der Waals surface area (Å²) >= 11 is 0. The van der Waals surface area contributed by atoms with Gasteiger partial charge in [0.05, 0.1) is 13.1 Å². The van der Waals surface area contributed by atoms with Gasteiger partial charge in [-0.2, -0.15) is 17.6 Å². The molecule has 2 aliphatic rings. The summed E-state index contributed by atoms with van der Waals surface area (Å²) in [7, 11) is 0. The van der Waals surface area contributed by atoms with Crippen LogP contribution in [0.25, 0.3) is 0 Å². The summed E-state index contributed by atoms with van der Waals surface area (Å²) in [6.07, 6.45) is -0.678. The number of carbonyl (C=O) groups excluding carboxylic acids is 2. The maximum absolute atomic E-state index is 13.7. The second-order valence-corrected chi connectivity index (χ2v) is 13.6. The van der Waals surface area contributed by atoms with E-state index in [9.17, 15) is 53.5 Å². The first-order chi connectivity index (χ1) is 26.1. The third kappa shape index (κ3) is 9.81. The number of alkyl halides is 4. The number of nitrogens with two attached hydrogens (primary N) is 2. The van der Waals surface area contributed by atoms with Crippen LogP contribution in [-0.4, -0.2) is 76.3 Å². The lowest BCUT2D eigenvalue weighted by atomic mass is 10.0. The van der Waals surface area contributed by atoms with E-state index >= 15 is 0 Å². The van der Waals surface area contributed by atoms with Crippen LogP contribution in [0.3, 0.4) is 0 Å². The average Bonchev–Trinajstić information content (AvgIpc) is 3.74. The summed E-state index contributed by atoms with van der Waals surface area (Å²) in [6.45, 7) is 1.98. The molecule has 0 saturated heterocycles. The van der Waals surface area contributed by atoms with Crippen molar-refractivity contribution in [3.05, 3.63) is 93.6 Å². The van der Waals surface area contributed by atoms with E-state index in [0.29, 0.717) is 24.3 Å². The zero-order valence-electron chi connectivity index (χ0n) is 29.9. The van der Waals surface area contributed by atoms with Crippen LogP contribution < -0.4 is 11.5 Å². The van der Waals surface area contributed by atoms with Crippen molar-refractivity contribution < 1.29 is 53.5 Å². The lowest BCUT2D eigenvalue weighted by Crippen LogP contribution is -2.42. The molecule has 12 nitrogen and oxygen atoms in total. The first-order valence-corrected chi connectivity index (χ1v) is 17.1. The highest BCUT2D eigenvalue weighted by Gasteiger charge is 2.37. The van der Waals surface area contributed by atoms with Gasteiger partial charge in [-0.15, -0.1) is 20.4 Å². The molecule has 0 unspecified atom stereocenters. The molecule has 0 bridgehead atoms. The number of carbonyl (C=O) groups is 2. The summed E-state index contributed by atoms with van der Waals surface area (Å²) in [4.78, 5) is 27.6. The fraction of sp³-hybridized carbons (Fsp3) is 0.471. The fourth-order valence-electron chi connectivity index (χ4n) is 6.25. The lowest BCUT2D eigenvalue weighted by molar-refractivity contribution is -0.134. The number of aromatic nitrogens is 6. The maximum Gasteiger partial charge on any atom is 0.304 e. The van der Waals surface area contributed by atoms with Gasteiger partial charge in [0, 0.05) is 77.1 Å². The Hall–Kier alpha value is -5.12. The van der Waals surface area contributed by atoms with E-state index in [2.05, 4.69) is 20.4 Å². The van der Waals surface area contributed by atoms with Crippen LogP contribution in [0.5, 0.6) is 0 Å². The molecule has 2 aromatic heterocycles. The number of hydrogen-bond donors (Lipinski definition) is 2. The molecular formula is C34H36F10N10O2. The smallest absolute Gasteiger partial charge is 0.304 e. The molecule has 0 saturated carbocycles. The Labute approximate surface area is 312 Å². The summed E-state index contributed by atoms with van der Waals surface area (Å²) in [6, 6.07) is 0.620. The molecule has 4 N–H and O–H groups in total. The number of fused-ring (bicyclic) bond motifs is 2. The highest BCUT2D eigenvalue weighted by molar-refractivity contribution is 5.77. The largest absolute Gasteiger partial charge is 0.333 e. The zero-order valence-corrected chi connectivity index (χ0v) is 29.9.